The van der Waals surface area contributed by atoms with Gasteiger partial charge < -0.3 is 5.32 Å². The van der Waals surface area contributed by atoms with Crippen molar-refractivity contribution in [2.24, 2.45) is 7.05 Å². The summed E-state index contributed by atoms with van der Waals surface area (Å²) in [5.41, 5.74) is 3.12. The number of nitrogens with one attached hydrogen (secondary N) is 1. The second-order valence-corrected chi connectivity index (χ2v) is 4.47. The van der Waals surface area contributed by atoms with Crippen LogP contribution in [-0.2, 0) is 19.9 Å². The van der Waals surface area contributed by atoms with E-state index in [2.05, 4.69) is 41.2 Å². The van der Waals surface area contributed by atoms with Gasteiger partial charge in [0.15, 0.2) is 5.82 Å². The molecule has 5 nitrogen and oxygen atoms in total. The summed E-state index contributed by atoms with van der Waals surface area (Å²) in [6.45, 7) is 7.12. The van der Waals surface area contributed by atoms with Crippen LogP contribution in [0.4, 0.5) is 5.82 Å². The molecule has 0 bridgehead atoms. The number of nitrogens with zero attached hydrogens (tertiary/aromatic N) is 4. The van der Waals surface area contributed by atoms with Gasteiger partial charge >= 0.3 is 0 Å². The number of anilines is 1. The summed E-state index contributed by atoms with van der Waals surface area (Å²) >= 11 is 0. The van der Waals surface area contributed by atoms with Crippen molar-refractivity contribution < 1.29 is 0 Å². The predicted molar refractivity (Wildman–Crippen MR) is 77.2 cm³/mol. The molecular weight excluding hydrogens is 238 g/mol. The summed E-state index contributed by atoms with van der Waals surface area (Å²) in [6.07, 6.45) is 3.77. The fourth-order valence-corrected chi connectivity index (χ4v) is 2.05. The lowest BCUT2D eigenvalue weighted by Gasteiger charge is -2.07. The normalized spacial score (nSPS) is 10.7. The van der Waals surface area contributed by atoms with Gasteiger partial charge in [-0.25, -0.2) is 9.97 Å². The van der Waals surface area contributed by atoms with Gasteiger partial charge in [-0.2, -0.15) is 5.10 Å². The highest BCUT2D eigenvalue weighted by Gasteiger charge is 2.13. The molecule has 5 heteroatoms. The quantitative estimate of drug-likeness (QED) is 0.896. The van der Waals surface area contributed by atoms with Crippen LogP contribution in [0, 0.1) is 0 Å². The first-order valence-corrected chi connectivity index (χ1v) is 6.82. The lowest BCUT2D eigenvalue weighted by molar-refractivity contribution is 0.746. The van der Waals surface area contributed by atoms with Crippen molar-refractivity contribution in [2.45, 2.75) is 33.6 Å². The Bertz CT molecular complexity index is 559. The zero-order valence-corrected chi connectivity index (χ0v) is 12.1. The van der Waals surface area contributed by atoms with Crippen LogP contribution in [-0.4, -0.2) is 26.3 Å². The first-order chi connectivity index (χ1) is 9.17. The molecule has 0 spiro atoms. The van der Waals surface area contributed by atoms with Crippen LogP contribution in [0.3, 0.4) is 0 Å². The molecular formula is C14H21N5. The Morgan fingerprint density at radius 2 is 1.95 bits per heavy atom. The average Bonchev–Trinajstić information content (AvgIpc) is 2.80. The Balaban J connectivity index is 2.50. The van der Waals surface area contributed by atoms with Gasteiger partial charge in [0.2, 0.25) is 0 Å². The zero-order chi connectivity index (χ0) is 13.8. The van der Waals surface area contributed by atoms with Gasteiger partial charge in [0.25, 0.3) is 0 Å². The molecule has 2 aromatic heterocycles. The molecule has 0 aliphatic carbocycles. The molecule has 0 saturated carbocycles. The van der Waals surface area contributed by atoms with Crippen LogP contribution in [0.25, 0.3) is 11.4 Å². The molecule has 0 saturated heterocycles. The van der Waals surface area contributed by atoms with Crippen LogP contribution >= 0.6 is 0 Å². The van der Waals surface area contributed by atoms with Crippen LogP contribution in [0.1, 0.15) is 32.2 Å². The highest BCUT2D eigenvalue weighted by Crippen LogP contribution is 2.22. The number of rotatable bonds is 5. The van der Waals surface area contributed by atoms with E-state index < -0.39 is 0 Å². The molecule has 0 fully saturated rings. The third kappa shape index (κ3) is 2.92. The van der Waals surface area contributed by atoms with Gasteiger partial charge in [-0.05, 0) is 19.8 Å². The van der Waals surface area contributed by atoms with E-state index in [1.54, 1.807) is 0 Å². The first kappa shape index (κ1) is 13.5. The van der Waals surface area contributed by atoms with Gasteiger partial charge in [-0.3, -0.25) is 4.68 Å². The Kier molecular flexibility index (Phi) is 4.14. The van der Waals surface area contributed by atoms with E-state index in [1.165, 1.54) is 0 Å². The van der Waals surface area contributed by atoms with Gasteiger partial charge in [0, 0.05) is 31.5 Å². The minimum atomic E-state index is 0.764. The average molecular weight is 259 g/mol. The number of hydrogen-bond donors (Lipinski definition) is 1. The molecule has 1 N–H and O–H groups in total. The lowest BCUT2D eigenvalue weighted by Crippen LogP contribution is -2.04. The maximum Gasteiger partial charge on any atom is 0.165 e. The van der Waals surface area contributed by atoms with Crippen molar-refractivity contribution in [2.75, 3.05) is 11.9 Å². The van der Waals surface area contributed by atoms with Crippen molar-refractivity contribution in [3.63, 3.8) is 0 Å². The number of aromatic nitrogens is 4. The van der Waals surface area contributed by atoms with Gasteiger partial charge in [-0.15, -0.1) is 0 Å². The Morgan fingerprint density at radius 1 is 1.16 bits per heavy atom. The standard InChI is InChI=1S/C14H21N5/c1-5-10-8-13(15-7-3)17-14(16-10)11-9-19(4)18-12(11)6-2/h8-9H,5-7H2,1-4H3,(H,15,16,17). The summed E-state index contributed by atoms with van der Waals surface area (Å²) in [5.74, 6) is 1.65. The third-order valence-corrected chi connectivity index (χ3v) is 2.98. The maximum atomic E-state index is 4.62. The van der Waals surface area contributed by atoms with E-state index in [1.807, 2.05) is 24.0 Å². The fourth-order valence-electron chi connectivity index (χ4n) is 2.05. The molecule has 2 heterocycles. The van der Waals surface area contributed by atoms with Gasteiger partial charge in [-0.1, -0.05) is 13.8 Å². The molecule has 0 radical (unpaired) electrons. The lowest BCUT2D eigenvalue weighted by atomic mass is 10.2. The third-order valence-electron chi connectivity index (χ3n) is 2.98. The maximum absolute atomic E-state index is 4.62. The first-order valence-electron chi connectivity index (χ1n) is 6.82. The SMILES string of the molecule is CCNc1cc(CC)nc(-c2cn(C)nc2CC)n1. The van der Waals surface area contributed by atoms with E-state index in [9.17, 15) is 0 Å². The Morgan fingerprint density at radius 3 is 2.58 bits per heavy atom. The van der Waals surface area contributed by atoms with E-state index >= 15 is 0 Å². The van der Waals surface area contributed by atoms with Crippen molar-refractivity contribution >= 4 is 5.82 Å². The van der Waals surface area contributed by atoms with E-state index in [-0.39, 0.29) is 0 Å². The summed E-state index contributed by atoms with van der Waals surface area (Å²) in [6, 6.07) is 2.01. The minimum absolute atomic E-state index is 0.764. The van der Waals surface area contributed by atoms with Crippen molar-refractivity contribution in [3.05, 3.63) is 23.7 Å². The largest absolute Gasteiger partial charge is 0.370 e. The van der Waals surface area contributed by atoms with E-state index in [4.69, 9.17) is 0 Å². The predicted octanol–water partition coefficient (Wildman–Crippen LogP) is 2.43. The van der Waals surface area contributed by atoms with E-state index in [0.29, 0.717) is 0 Å². The topological polar surface area (TPSA) is 55.6 Å². The molecule has 2 rings (SSSR count). The highest BCUT2D eigenvalue weighted by atomic mass is 15.3. The number of aryl methyl sites for hydroxylation is 3. The van der Waals surface area contributed by atoms with Gasteiger partial charge in [0.1, 0.15) is 5.82 Å². The van der Waals surface area contributed by atoms with Crippen molar-refractivity contribution in [1.82, 2.24) is 19.7 Å². The second kappa shape index (κ2) is 5.82. The summed E-state index contributed by atoms with van der Waals surface area (Å²) in [7, 11) is 1.93. The van der Waals surface area contributed by atoms with Crippen LogP contribution < -0.4 is 5.32 Å². The van der Waals surface area contributed by atoms with Crippen molar-refractivity contribution in [3.8, 4) is 11.4 Å². The van der Waals surface area contributed by atoms with Crippen LogP contribution in [0.15, 0.2) is 12.3 Å². The Hall–Kier alpha value is -1.91. The number of hydrogen-bond acceptors (Lipinski definition) is 4. The smallest absolute Gasteiger partial charge is 0.165 e. The molecule has 2 aromatic rings. The van der Waals surface area contributed by atoms with E-state index in [0.717, 1.165) is 48.0 Å². The molecule has 0 aromatic carbocycles. The van der Waals surface area contributed by atoms with Crippen LogP contribution in [0.5, 0.6) is 0 Å². The van der Waals surface area contributed by atoms with Gasteiger partial charge in [0.05, 0.1) is 11.3 Å². The highest BCUT2D eigenvalue weighted by molar-refractivity contribution is 5.59. The van der Waals surface area contributed by atoms with Crippen molar-refractivity contribution in [1.29, 1.82) is 0 Å². The molecule has 0 amide bonds. The van der Waals surface area contributed by atoms with Crippen LogP contribution in [0.2, 0.25) is 0 Å². The monoisotopic (exact) mass is 259 g/mol. The fraction of sp³-hybridized carbons (Fsp3) is 0.500. The molecule has 102 valence electrons. The minimum Gasteiger partial charge on any atom is -0.370 e. The molecule has 0 aliphatic rings. The Labute approximate surface area is 114 Å². The summed E-state index contributed by atoms with van der Waals surface area (Å²) in [5, 5.41) is 7.71. The molecule has 19 heavy (non-hydrogen) atoms. The summed E-state index contributed by atoms with van der Waals surface area (Å²) in [4.78, 5) is 9.21. The molecule has 0 unspecified atom stereocenters. The zero-order valence-electron chi connectivity index (χ0n) is 12.1. The molecule has 0 aliphatic heterocycles. The summed E-state index contributed by atoms with van der Waals surface area (Å²) < 4.78 is 1.82. The molecule has 0 atom stereocenters. The second-order valence-electron chi connectivity index (χ2n) is 4.47.